The summed E-state index contributed by atoms with van der Waals surface area (Å²) in [5.41, 5.74) is 19.6. The van der Waals surface area contributed by atoms with Crippen LogP contribution < -0.4 is 11.5 Å². The van der Waals surface area contributed by atoms with Crippen LogP contribution in [0.15, 0.2) is 127 Å². The number of nitrogens with zero attached hydrogens (tertiary/aromatic N) is 4. The molecule has 0 aliphatic carbocycles. The molecule has 1 fully saturated rings. The highest BCUT2D eigenvalue weighted by atomic mass is 35.5. The van der Waals surface area contributed by atoms with E-state index in [1.165, 1.54) is 11.1 Å². The standard InChI is InChI=1S/C45H48ClN7O/c46-39-19-13-35(14-20-39)31-52(28-25-47)44(54)37-18-21-41-40(29-37)50-42(22-15-33-11-16-36(17-12-33)43(48)49)53(41)32-45(38-9-5-2-6-10-38)23-26-51(27-24-45)30-34-7-3-1-4-8-34/h1-14,16-21,29H,15,22-28,30-32,47H2,(H3,48,49). The van der Waals surface area contributed by atoms with Crippen LogP contribution in [-0.4, -0.2) is 57.3 Å². The number of carbonyl (C=O) groups excluding carboxylic acids is 1. The van der Waals surface area contributed by atoms with Gasteiger partial charge < -0.3 is 20.9 Å². The number of hydrogen-bond acceptors (Lipinski definition) is 5. The molecule has 1 aromatic heterocycles. The predicted octanol–water partition coefficient (Wildman–Crippen LogP) is 7.59. The van der Waals surface area contributed by atoms with Gasteiger partial charge in [-0.25, -0.2) is 4.98 Å². The lowest BCUT2D eigenvalue weighted by molar-refractivity contribution is 0.0748. The number of benzene rings is 5. The number of nitrogens with one attached hydrogen (secondary N) is 1. The molecule has 1 aliphatic rings. The molecule has 0 atom stereocenters. The Kier molecular flexibility index (Phi) is 11.5. The van der Waals surface area contributed by atoms with Crippen LogP contribution >= 0.6 is 11.6 Å². The van der Waals surface area contributed by atoms with Crippen LogP contribution in [0.1, 0.15) is 56.8 Å². The zero-order valence-corrected chi connectivity index (χ0v) is 31.4. The van der Waals surface area contributed by atoms with Crippen molar-refractivity contribution in [3.05, 3.63) is 172 Å². The first-order valence-corrected chi connectivity index (χ1v) is 19.2. The van der Waals surface area contributed by atoms with Crippen LogP contribution in [0.3, 0.4) is 0 Å². The molecule has 0 spiro atoms. The van der Waals surface area contributed by atoms with Crippen molar-refractivity contribution >= 4 is 34.4 Å². The molecule has 9 heteroatoms. The summed E-state index contributed by atoms with van der Waals surface area (Å²) in [7, 11) is 0. The van der Waals surface area contributed by atoms with Crippen LogP contribution in [-0.2, 0) is 37.9 Å². The summed E-state index contributed by atoms with van der Waals surface area (Å²) >= 11 is 6.13. The lowest BCUT2D eigenvalue weighted by Crippen LogP contribution is -2.44. The molecule has 0 saturated carbocycles. The second-order valence-corrected chi connectivity index (χ2v) is 14.9. The van der Waals surface area contributed by atoms with E-state index < -0.39 is 0 Å². The topological polar surface area (TPSA) is 117 Å². The Labute approximate surface area is 322 Å². The van der Waals surface area contributed by atoms with E-state index in [0.717, 1.165) is 79.8 Å². The van der Waals surface area contributed by atoms with Crippen LogP contribution in [0.25, 0.3) is 11.0 Å². The SMILES string of the molecule is N=C(N)c1ccc(CCc2nc3cc(C(=O)N(CCN)Cc4ccc(Cl)cc4)ccc3n2CC2(c3ccccc3)CCN(Cc3ccccc3)CC2)cc1. The Bertz CT molecular complexity index is 2180. The summed E-state index contributed by atoms with van der Waals surface area (Å²) < 4.78 is 2.42. The molecule has 54 heavy (non-hydrogen) atoms. The van der Waals surface area contributed by atoms with Crippen molar-refractivity contribution in [3.8, 4) is 0 Å². The molecule has 2 heterocycles. The minimum Gasteiger partial charge on any atom is -0.384 e. The first-order chi connectivity index (χ1) is 26.3. The normalized spacial score (nSPS) is 14.3. The van der Waals surface area contributed by atoms with Crippen molar-refractivity contribution in [3.63, 3.8) is 0 Å². The highest BCUT2D eigenvalue weighted by molar-refractivity contribution is 6.30. The molecule has 5 aromatic carbocycles. The van der Waals surface area contributed by atoms with Crippen molar-refractivity contribution in [1.82, 2.24) is 19.4 Å². The fraction of sp³-hybridized carbons (Fsp3) is 0.267. The summed E-state index contributed by atoms with van der Waals surface area (Å²) in [4.78, 5) is 23.7. The van der Waals surface area contributed by atoms with Gasteiger partial charge in [-0.15, -0.1) is 0 Å². The number of rotatable bonds is 14. The number of carbonyl (C=O) groups is 1. The van der Waals surface area contributed by atoms with Gasteiger partial charge in [0, 0.05) is 60.7 Å². The second kappa shape index (κ2) is 16.8. The first kappa shape index (κ1) is 37.1. The minimum absolute atomic E-state index is 0.0629. The van der Waals surface area contributed by atoms with Gasteiger partial charge >= 0.3 is 0 Å². The van der Waals surface area contributed by atoms with E-state index in [-0.39, 0.29) is 17.2 Å². The van der Waals surface area contributed by atoms with E-state index in [9.17, 15) is 4.79 Å². The molecular weight excluding hydrogens is 690 g/mol. The molecule has 276 valence electrons. The van der Waals surface area contributed by atoms with Crippen molar-refractivity contribution in [1.29, 1.82) is 5.41 Å². The number of likely N-dealkylation sites (tertiary alicyclic amines) is 1. The first-order valence-electron chi connectivity index (χ1n) is 18.8. The van der Waals surface area contributed by atoms with E-state index in [1.807, 2.05) is 60.7 Å². The van der Waals surface area contributed by atoms with Gasteiger partial charge in [-0.2, -0.15) is 0 Å². The number of aryl methyl sites for hydroxylation is 2. The average Bonchev–Trinajstić information content (AvgIpc) is 3.54. The Morgan fingerprint density at radius 2 is 1.44 bits per heavy atom. The van der Waals surface area contributed by atoms with Crippen molar-refractivity contribution < 1.29 is 4.79 Å². The summed E-state index contributed by atoms with van der Waals surface area (Å²) in [6, 6.07) is 43.1. The van der Waals surface area contributed by atoms with E-state index in [2.05, 4.69) is 76.2 Å². The Hall–Kier alpha value is -5.28. The number of amidine groups is 1. The molecule has 6 aromatic rings. The molecule has 5 N–H and O–H groups in total. The van der Waals surface area contributed by atoms with Gasteiger partial charge in [-0.3, -0.25) is 15.1 Å². The number of amides is 1. The fourth-order valence-corrected chi connectivity index (χ4v) is 7.93. The molecule has 0 bridgehead atoms. The lowest BCUT2D eigenvalue weighted by Gasteiger charge is -2.43. The zero-order valence-electron chi connectivity index (χ0n) is 30.6. The average molecular weight is 738 g/mol. The molecule has 0 unspecified atom stereocenters. The van der Waals surface area contributed by atoms with Gasteiger partial charge in [0.15, 0.2) is 0 Å². The van der Waals surface area contributed by atoms with Gasteiger partial charge in [0.2, 0.25) is 0 Å². The third-order valence-electron chi connectivity index (χ3n) is 10.9. The Morgan fingerprint density at radius 3 is 2.11 bits per heavy atom. The van der Waals surface area contributed by atoms with E-state index in [4.69, 9.17) is 33.5 Å². The molecule has 8 nitrogen and oxygen atoms in total. The van der Waals surface area contributed by atoms with E-state index >= 15 is 0 Å². The number of hydrogen-bond donors (Lipinski definition) is 3. The molecule has 7 rings (SSSR count). The highest BCUT2D eigenvalue weighted by Gasteiger charge is 2.37. The summed E-state index contributed by atoms with van der Waals surface area (Å²) in [5, 5.41) is 8.46. The third-order valence-corrected chi connectivity index (χ3v) is 11.1. The number of nitrogen functional groups attached to an aromatic ring is 1. The number of halogens is 1. The van der Waals surface area contributed by atoms with Gasteiger partial charge in [-0.1, -0.05) is 109 Å². The predicted molar refractivity (Wildman–Crippen MR) is 219 cm³/mol. The van der Waals surface area contributed by atoms with Crippen LogP contribution in [0, 0.1) is 5.41 Å². The third kappa shape index (κ3) is 8.57. The number of aromatic nitrogens is 2. The van der Waals surface area contributed by atoms with Crippen molar-refractivity contribution in [2.75, 3.05) is 26.2 Å². The number of imidazole rings is 1. The summed E-state index contributed by atoms with van der Waals surface area (Å²) in [5.74, 6) is 0.977. The second-order valence-electron chi connectivity index (χ2n) is 14.5. The number of piperidine rings is 1. The fourth-order valence-electron chi connectivity index (χ4n) is 7.80. The lowest BCUT2D eigenvalue weighted by atomic mass is 9.72. The Balaban J connectivity index is 1.22. The van der Waals surface area contributed by atoms with Gasteiger partial charge in [0.1, 0.15) is 11.7 Å². The molecule has 1 saturated heterocycles. The maximum absolute atomic E-state index is 14.0. The van der Waals surface area contributed by atoms with E-state index in [0.29, 0.717) is 35.8 Å². The van der Waals surface area contributed by atoms with Crippen LogP contribution in [0.2, 0.25) is 5.02 Å². The molecular formula is C45H48ClN7O. The molecule has 0 radical (unpaired) electrons. The Morgan fingerprint density at radius 1 is 0.796 bits per heavy atom. The van der Waals surface area contributed by atoms with Gasteiger partial charge in [0.25, 0.3) is 5.91 Å². The maximum atomic E-state index is 14.0. The van der Waals surface area contributed by atoms with Gasteiger partial charge in [0.05, 0.1) is 11.0 Å². The minimum atomic E-state index is -0.0923. The summed E-state index contributed by atoms with van der Waals surface area (Å²) in [6.07, 6.45) is 3.54. The molecule has 1 aliphatic heterocycles. The number of nitrogens with two attached hydrogens (primary N) is 2. The van der Waals surface area contributed by atoms with Crippen LogP contribution in [0.5, 0.6) is 0 Å². The zero-order chi connectivity index (χ0) is 37.5. The van der Waals surface area contributed by atoms with E-state index in [1.54, 1.807) is 4.90 Å². The van der Waals surface area contributed by atoms with Crippen molar-refractivity contribution in [2.24, 2.45) is 11.5 Å². The molecule has 1 amide bonds. The monoisotopic (exact) mass is 737 g/mol. The van der Waals surface area contributed by atoms with Gasteiger partial charge in [-0.05, 0) is 84.9 Å². The quantitative estimate of drug-likeness (QED) is 0.0787. The highest BCUT2D eigenvalue weighted by Crippen LogP contribution is 2.39. The smallest absolute Gasteiger partial charge is 0.254 e. The van der Waals surface area contributed by atoms with Crippen molar-refractivity contribution in [2.45, 2.75) is 50.7 Å². The summed E-state index contributed by atoms with van der Waals surface area (Å²) in [6.45, 7) is 4.96. The largest absolute Gasteiger partial charge is 0.384 e. The maximum Gasteiger partial charge on any atom is 0.254 e. The number of fused-ring (bicyclic) bond motifs is 1. The van der Waals surface area contributed by atoms with Crippen LogP contribution in [0.4, 0.5) is 0 Å².